The third kappa shape index (κ3) is 7.38. The van der Waals surface area contributed by atoms with Crippen LogP contribution in [0.2, 0.25) is 0 Å². The van der Waals surface area contributed by atoms with E-state index in [1.807, 2.05) is 0 Å². The van der Waals surface area contributed by atoms with Gasteiger partial charge >= 0.3 is 6.03 Å². The van der Waals surface area contributed by atoms with Gasteiger partial charge in [0.2, 0.25) is 5.91 Å². The molecule has 0 radical (unpaired) electrons. The number of allylic oxidation sites excluding steroid dienone is 1. The average molecular weight is 359 g/mol. The molecule has 1 aliphatic carbocycles. The molecular weight excluding hydrogens is 334 g/mol. The van der Waals surface area contributed by atoms with E-state index in [0.717, 1.165) is 19.3 Å². The maximum absolute atomic E-state index is 11.7. The Balaban J connectivity index is 1.63. The zero-order valence-corrected chi connectivity index (χ0v) is 15.0. The minimum absolute atomic E-state index is 0.163. The number of benzene rings is 1. The fourth-order valence-corrected chi connectivity index (χ4v) is 2.66. The molecular formula is C19H25N3O4. The monoisotopic (exact) mass is 359 g/mol. The van der Waals surface area contributed by atoms with Gasteiger partial charge in [-0.1, -0.05) is 11.6 Å². The summed E-state index contributed by atoms with van der Waals surface area (Å²) in [5, 5.41) is 7.55. The summed E-state index contributed by atoms with van der Waals surface area (Å²) in [6.07, 6.45) is 7.71. The number of urea groups is 1. The first-order chi connectivity index (χ1) is 12.5. The van der Waals surface area contributed by atoms with Crippen LogP contribution in [0.1, 0.15) is 39.0 Å². The molecule has 0 saturated carbocycles. The molecule has 0 aromatic heterocycles. The number of nitrogens with one attached hydrogen (secondary N) is 3. The first kappa shape index (κ1) is 19.5. The van der Waals surface area contributed by atoms with Crippen molar-refractivity contribution in [2.45, 2.75) is 39.0 Å². The van der Waals surface area contributed by atoms with E-state index < -0.39 is 11.9 Å². The molecule has 140 valence electrons. The molecule has 3 N–H and O–H groups in total. The van der Waals surface area contributed by atoms with Crippen LogP contribution in [0, 0.1) is 0 Å². The van der Waals surface area contributed by atoms with Crippen molar-refractivity contribution in [2.75, 3.05) is 18.5 Å². The quantitative estimate of drug-likeness (QED) is 0.652. The topological polar surface area (TPSA) is 96.5 Å². The Morgan fingerprint density at radius 2 is 1.88 bits per heavy atom. The Kier molecular flexibility index (Phi) is 7.67. The van der Waals surface area contributed by atoms with Crippen molar-refractivity contribution >= 4 is 23.5 Å². The summed E-state index contributed by atoms with van der Waals surface area (Å²) in [6.45, 7) is 1.67. The lowest BCUT2D eigenvalue weighted by Gasteiger charge is -2.13. The van der Waals surface area contributed by atoms with Crippen LogP contribution in [-0.2, 0) is 9.59 Å². The summed E-state index contributed by atoms with van der Waals surface area (Å²) < 4.78 is 5.31. The van der Waals surface area contributed by atoms with E-state index >= 15 is 0 Å². The van der Waals surface area contributed by atoms with Gasteiger partial charge in [0.15, 0.2) is 6.61 Å². The molecule has 1 aromatic carbocycles. The Labute approximate surface area is 153 Å². The minimum Gasteiger partial charge on any atom is -0.484 e. The fraction of sp³-hybridized carbons (Fsp3) is 0.421. The molecule has 0 saturated heterocycles. The molecule has 0 unspecified atom stereocenters. The number of anilines is 1. The molecule has 4 amide bonds. The molecule has 0 heterocycles. The SMILES string of the molecule is CC(=O)Nc1ccc(OCC(=O)NC(=O)NCCC2=CCCCC2)cc1. The van der Waals surface area contributed by atoms with Gasteiger partial charge in [-0.15, -0.1) is 0 Å². The maximum Gasteiger partial charge on any atom is 0.321 e. The Morgan fingerprint density at radius 1 is 1.12 bits per heavy atom. The van der Waals surface area contributed by atoms with Crippen molar-refractivity contribution in [3.8, 4) is 5.75 Å². The highest BCUT2D eigenvalue weighted by Gasteiger charge is 2.09. The number of imide groups is 1. The Morgan fingerprint density at radius 3 is 2.54 bits per heavy atom. The number of carbonyl (C=O) groups excluding carboxylic acids is 3. The van der Waals surface area contributed by atoms with Gasteiger partial charge in [-0.05, 0) is 56.4 Å². The van der Waals surface area contributed by atoms with Crippen molar-refractivity contribution in [1.29, 1.82) is 0 Å². The predicted molar refractivity (Wildman–Crippen MR) is 99.0 cm³/mol. The number of hydrogen-bond donors (Lipinski definition) is 3. The number of amides is 4. The molecule has 0 aliphatic heterocycles. The molecule has 2 rings (SSSR count). The second-order valence-electron chi connectivity index (χ2n) is 6.16. The van der Waals surface area contributed by atoms with E-state index in [9.17, 15) is 14.4 Å². The number of carbonyl (C=O) groups is 3. The summed E-state index contributed by atoms with van der Waals surface area (Å²) in [5.74, 6) is -0.215. The van der Waals surface area contributed by atoms with Crippen LogP contribution in [0.15, 0.2) is 35.9 Å². The summed E-state index contributed by atoms with van der Waals surface area (Å²) in [5.41, 5.74) is 2.01. The van der Waals surface area contributed by atoms with Crippen LogP contribution in [-0.4, -0.2) is 31.0 Å². The normalized spacial score (nSPS) is 13.3. The van der Waals surface area contributed by atoms with Gasteiger partial charge in [-0.25, -0.2) is 4.79 Å². The summed E-state index contributed by atoms with van der Waals surface area (Å²) >= 11 is 0. The molecule has 0 fully saturated rings. The third-order valence-electron chi connectivity index (χ3n) is 3.91. The first-order valence-electron chi connectivity index (χ1n) is 8.79. The fourth-order valence-electron chi connectivity index (χ4n) is 2.66. The van der Waals surface area contributed by atoms with E-state index in [-0.39, 0.29) is 12.5 Å². The van der Waals surface area contributed by atoms with Crippen LogP contribution in [0.4, 0.5) is 10.5 Å². The van der Waals surface area contributed by atoms with E-state index in [1.165, 1.54) is 25.3 Å². The van der Waals surface area contributed by atoms with Gasteiger partial charge in [0.05, 0.1) is 0 Å². The molecule has 1 aromatic rings. The molecule has 26 heavy (non-hydrogen) atoms. The molecule has 0 atom stereocenters. The molecule has 7 heteroatoms. The van der Waals surface area contributed by atoms with E-state index in [0.29, 0.717) is 18.0 Å². The average Bonchev–Trinajstić information content (AvgIpc) is 2.61. The predicted octanol–water partition coefficient (Wildman–Crippen LogP) is 2.74. The summed E-state index contributed by atoms with van der Waals surface area (Å²) in [6, 6.07) is 6.09. The van der Waals surface area contributed by atoms with Crippen molar-refractivity contribution in [2.24, 2.45) is 0 Å². The Hall–Kier alpha value is -2.83. The number of rotatable bonds is 7. The van der Waals surface area contributed by atoms with Crippen LogP contribution >= 0.6 is 0 Å². The largest absolute Gasteiger partial charge is 0.484 e. The van der Waals surface area contributed by atoms with E-state index in [2.05, 4.69) is 22.0 Å². The minimum atomic E-state index is -0.523. The molecule has 1 aliphatic rings. The summed E-state index contributed by atoms with van der Waals surface area (Å²) in [7, 11) is 0. The number of ether oxygens (including phenoxy) is 1. The smallest absolute Gasteiger partial charge is 0.321 e. The highest BCUT2D eigenvalue weighted by Crippen LogP contribution is 2.19. The lowest BCUT2D eigenvalue weighted by atomic mass is 9.97. The van der Waals surface area contributed by atoms with Gasteiger partial charge in [0.25, 0.3) is 5.91 Å². The van der Waals surface area contributed by atoms with Gasteiger partial charge < -0.3 is 15.4 Å². The zero-order chi connectivity index (χ0) is 18.8. The molecule has 0 bridgehead atoms. The highest BCUT2D eigenvalue weighted by molar-refractivity contribution is 5.95. The zero-order valence-electron chi connectivity index (χ0n) is 15.0. The van der Waals surface area contributed by atoms with Gasteiger partial charge in [-0.2, -0.15) is 0 Å². The lowest BCUT2D eigenvalue weighted by Crippen LogP contribution is -2.42. The Bertz CT molecular complexity index is 668. The second-order valence-corrected chi connectivity index (χ2v) is 6.16. The summed E-state index contributed by atoms with van der Waals surface area (Å²) in [4.78, 5) is 34.4. The van der Waals surface area contributed by atoms with Crippen molar-refractivity contribution in [3.63, 3.8) is 0 Å². The van der Waals surface area contributed by atoms with Gasteiger partial charge in [0.1, 0.15) is 5.75 Å². The first-order valence-corrected chi connectivity index (χ1v) is 8.79. The van der Waals surface area contributed by atoms with Crippen LogP contribution in [0.3, 0.4) is 0 Å². The van der Waals surface area contributed by atoms with E-state index in [1.54, 1.807) is 24.3 Å². The molecule has 7 nitrogen and oxygen atoms in total. The standard InChI is InChI=1S/C19H25N3O4/c1-14(23)21-16-7-9-17(10-8-16)26-13-18(24)22-19(25)20-12-11-15-5-3-2-4-6-15/h5,7-10H,2-4,6,11-13H2,1H3,(H,21,23)(H2,20,22,24,25). The second kappa shape index (κ2) is 10.2. The lowest BCUT2D eigenvalue weighted by molar-refractivity contribution is -0.122. The molecule has 0 spiro atoms. The van der Waals surface area contributed by atoms with E-state index in [4.69, 9.17) is 4.74 Å². The van der Waals surface area contributed by atoms with Crippen molar-refractivity contribution < 1.29 is 19.1 Å². The van der Waals surface area contributed by atoms with Crippen LogP contribution in [0.25, 0.3) is 0 Å². The van der Waals surface area contributed by atoms with Crippen molar-refractivity contribution in [3.05, 3.63) is 35.9 Å². The van der Waals surface area contributed by atoms with Gasteiger partial charge in [-0.3, -0.25) is 14.9 Å². The maximum atomic E-state index is 11.7. The van der Waals surface area contributed by atoms with Crippen LogP contribution in [0.5, 0.6) is 5.75 Å². The van der Waals surface area contributed by atoms with Gasteiger partial charge in [0, 0.05) is 19.2 Å². The number of hydrogen-bond acceptors (Lipinski definition) is 4. The van der Waals surface area contributed by atoms with Crippen molar-refractivity contribution in [1.82, 2.24) is 10.6 Å². The highest BCUT2D eigenvalue weighted by atomic mass is 16.5. The third-order valence-corrected chi connectivity index (χ3v) is 3.91. The van der Waals surface area contributed by atoms with Crippen LogP contribution < -0.4 is 20.7 Å².